The van der Waals surface area contributed by atoms with E-state index in [9.17, 15) is 19.5 Å². The van der Waals surface area contributed by atoms with E-state index in [2.05, 4.69) is 16.0 Å². The van der Waals surface area contributed by atoms with Crippen LogP contribution in [0.1, 0.15) is 48.9 Å². The maximum atomic E-state index is 13.8. The highest BCUT2D eigenvalue weighted by atomic mass is 16.5. The number of aryl methyl sites for hydroxylation is 2. The van der Waals surface area contributed by atoms with Crippen LogP contribution in [0.25, 0.3) is 0 Å². The molecule has 0 unspecified atom stereocenters. The van der Waals surface area contributed by atoms with Gasteiger partial charge in [0.25, 0.3) is 5.91 Å². The van der Waals surface area contributed by atoms with Gasteiger partial charge in [-0.25, -0.2) is 4.79 Å². The van der Waals surface area contributed by atoms with Crippen molar-refractivity contribution in [2.24, 2.45) is 5.92 Å². The number of amides is 4. The zero-order valence-electron chi connectivity index (χ0n) is 27.4. The van der Waals surface area contributed by atoms with Crippen LogP contribution in [0.4, 0.5) is 4.79 Å². The first-order chi connectivity index (χ1) is 22.1. The summed E-state index contributed by atoms with van der Waals surface area (Å²) in [6.07, 6.45) is 0.831. The number of aliphatic hydroxyl groups excluding tert-OH is 1. The minimum atomic E-state index is -0.992. The van der Waals surface area contributed by atoms with Gasteiger partial charge in [0.1, 0.15) is 11.8 Å². The molecule has 1 fully saturated rings. The molecule has 3 aromatic rings. The molecule has 0 saturated carbocycles. The number of carbonyl (C=O) groups excluding carboxylic acids is 3. The fraction of sp³-hybridized carbons (Fsp3) is 0.432. The fourth-order valence-corrected chi connectivity index (χ4v) is 6.12. The van der Waals surface area contributed by atoms with E-state index < -0.39 is 24.2 Å². The van der Waals surface area contributed by atoms with Gasteiger partial charge in [-0.3, -0.25) is 9.59 Å². The van der Waals surface area contributed by atoms with Gasteiger partial charge in [-0.1, -0.05) is 92.7 Å². The second-order valence-electron chi connectivity index (χ2n) is 12.5. The van der Waals surface area contributed by atoms with E-state index in [0.29, 0.717) is 31.7 Å². The highest BCUT2D eigenvalue weighted by Crippen LogP contribution is 2.22. The highest BCUT2D eigenvalue weighted by molar-refractivity contribution is 5.87. The Balaban J connectivity index is 1.52. The fourth-order valence-electron chi connectivity index (χ4n) is 6.12. The molecular formula is C37H48N4O5. The first kappa shape index (κ1) is 34.5. The Labute approximate surface area is 272 Å². The number of urea groups is 1. The number of para-hydroxylation sites is 1. The van der Waals surface area contributed by atoms with Gasteiger partial charge >= 0.3 is 6.03 Å². The number of aliphatic hydroxyl groups is 1. The quantitative estimate of drug-likeness (QED) is 0.200. The second-order valence-corrected chi connectivity index (χ2v) is 12.5. The van der Waals surface area contributed by atoms with E-state index in [-0.39, 0.29) is 36.8 Å². The Morgan fingerprint density at radius 2 is 1.50 bits per heavy atom. The van der Waals surface area contributed by atoms with Crippen molar-refractivity contribution in [1.82, 2.24) is 20.9 Å². The molecule has 46 heavy (non-hydrogen) atoms. The smallest absolute Gasteiger partial charge is 0.318 e. The number of nitrogens with one attached hydrogen (secondary N) is 3. The van der Waals surface area contributed by atoms with Crippen molar-refractivity contribution < 1.29 is 24.2 Å². The van der Waals surface area contributed by atoms with Gasteiger partial charge in [-0.15, -0.1) is 0 Å². The largest absolute Gasteiger partial charge is 0.483 e. The van der Waals surface area contributed by atoms with Gasteiger partial charge in [0.15, 0.2) is 6.61 Å². The van der Waals surface area contributed by atoms with Crippen LogP contribution in [0.3, 0.4) is 0 Å². The SMILES string of the molecule is Cc1cccc(C)c1OCC(=O)N[C@H](Cc1ccccc1)[C@H](O)C[C@@H](Cc1ccccc1)NC(=O)[C@@H](C(C)C)N1CCCNC1=O. The van der Waals surface area contributed by atoms with Gasteiger partial charge in [0, 0.05) is 19.1 Å². The molecule has 1 aliphatic rings. The number of hydrogen-bond donors (Lipinski definition) is 4. The Bertz CT molecular complexity index is 1410. The molecule has 0 aliphatic carbocycles. The Hall–Kier alpha value is -4.37. The molecular weight excluding hydrogens is 580 g/mol. The number of hydrogen-bond acceptors (Lipinski definition) is 5. The van der Waals surface area contributed by atoms with Crippen molar-refractivity contribution in [2.45, 2.75) is 77.6 Å². The van der Waals surface area contributed by atoms with Gasteiger partial charge in [-0.2, -0.15) is 0 Å². The third-order valence-electron chi connectivity index (χ3n) is 8.41. The van der Waals surface area contributed by atoms with Crippen molar-refractivity contribution in [3.05, 3.63) is 101 Å². The summed E-state index contributed by atoms with van der Waals surface area (Å²) in [4.78, 5) is 41.3. The lowest BCUT2D eigenvalue weighted by atomic mass is 9.92. The number of rotatable bonds is 15. The molecule has 4 rings (SSSR count). The van der Waals surface area contributed by atoms with E-state index in [1.807, 2.05) is 107 Å². The summed E-state index contributed by atoms with van der Waals surface area (Å²) in [5.74, 6) is -0.0493. The zero-order chi connectivity index (χ0) is 33.1. The average molecular weight is 629 g/mol. The molecule has 246 valence electrons. The van der Waals surface area contributed by atoms with Crippen molar-refractivity contribution in [1.29, 1.82) is 0 Å². The standard InChI is InChI=1S/C37H48N4O5/c1-25(2)34(41-20-12-19-38-37(41)45)36(44)39-30(21-28-15-7-5-8-16-28)23-32(42)31(22-29-17-9-6-10-18-29)40-33(43)24-46-35-26(3)13-11-14-27(35)4/h5-11,13-18,25,30-32,34,42H,12,19-24H2,1-4H3,(H,38,45)(H,39,44)(H,40,43)/t30-,31-,32-,34-/m1/s1. The lowest BCUT2D eigenvalue weighted by Gasteiger charge is -2.37. The molecule has 4 amide bonds. The van der Waals surface area contributed by atoms with Crippen LogP contribution in [0.15, 0.2) is 78.9 Å². The van der Waals surface area contributed by atoms with Crippen molar-refractivity contribution in [3.63, 3.8) is 0 Å². The molecule has 0 aromatic heterocycles. The number of carbonyl (C=O) groups is 3. The maximum Gasteiger partial charge on any atom is 0.318 e. The van der Waals surface area contributed by atoms with E-state index in [4.69, 9.17) is 4.74 Å². The summed E-state index contributed by atoms with van der Waals surface area (Å²) >= 11 is 0. The van der Waals surface area contributed by atoms with Crippen LogP contribution in [-0.4, -0.2) is 71.8 Å². The van der Waals surface area contributed by atoms with E-state index >= 15 is 0 Å². The summed E-state index contributed by atoms with van der Waals surface area (Å²) in [7, 11) is 0. The number of nitrogens with zero attached hydrogens (tertiary/aromatic N) is 1. The van der Waals surface area contributed by atoms with Crippen molar-refractivity contribution >= 4 is 17.8 Å². The molecule has 1 heterocycles. The van der Waals surface area contributed by atoms with Crippen LogP contribution >= 0.6 is 0 Å². The van der Waals surface area contributed by atoms with Crippen LogP contribution in [-0.2, 0) is 22.4 Å². The van der Waals surface area contributed by atoms with Crippen LogP contribution in [0.5, 0.6) is 5.75 Å². The van der Waals surface area contributed by atoms with Gasteiger partial charge in [0.2, 0.25) is 5.91 Å². The molecule has 9 heteroatoms. The zero-order valence-corrected chi connectivity index (χ0v) is 27.4. The Kier molecular flexibility index (Phi) is 12.6. The third-order valence-corrected chi connectivity index (χ3v) is 8.41. The third kappa shape index (κ3) is 9.81. The summed E-state index contributed by atoms with van der Waals surface area (Å²) < 4.78 is 5.90. The molecule has 4 atom stereocenters. The molecule has 9 nitrogen and oxygen atoms in total. The Morgan fingerprint density at radius 3 is 2.09 bits per heavy atom. The minimum absolute atomic E-state index is 0.117. The van der Waals surface area contributed by atoms with Gasteiger partial charge in [0.05, 0.1) is 12.1 Å². The Morgan fingerprint density at radius 1 is 0.891 bits per heavy atom. The average Bonchev–Trinajstić information content (AvgIpc) is 3.02. The van der Waals surface area contributed by atoms with E-state index in [0.717, 1.165) is 28.7 Å². The summed E-state index contributed by atoms with van der Waals surface area (Å²) in [5, 5.41) is 20.7. The lowest BCUT2D eigenvalue weighted by Crippen LogP contribution is -2.59. The van der Waals surface area contributed by atoms with Crippen molar-refractivity contribution in [3.8, 4) is 5.75 Å². The first-order valence-electron chi connectivity index (χ1n) is 16.2. The van der Waals surface area contributed by atoms with Crippen molar-refractivity contribution in [2.75, 3.05) is 19.7 Å². The normalized spacial score (nSPS) is 15.8. The van der Waals surface area contributed by atoms with E-state index in [1.54, 1.807) is 4.90 Å². The molecule has 1 saturated heterocycles. The van der Waals surface area contributed by atoms with Crippen LogP contribution in [0, 0.1) is 19.8 Å². The van der Waals surface area contributed by atoms with E-state index in [1.165, 1.54) is 0 Å². The van der Waals surface area contributed by atoms with Gasteiger partial charge < -0.3 is 30.7 Å². The monoisotopic (exact) mass is 628 g/mol. The summed E-state index contributed by atoms with van der Waals surface area (Å²) in [6.45, 7) is 8.63. The van der Waals surface area contributed by atoms with Gasteiger partial charge in [-0.05, 0) is 67.7 Å². The molecule has 3 aromatic carbocycles. The number of ether oxygens (including phenoxy) is 1. The van der Waals surface area contributed by atoms with Crippen LogP contribution in [0.2, 0.25) is 0 Å². The maximum absolute atomic E-state index is 13.8. The topological polar surface area (TPSA) is 120 Å². The van der Waals surface area contributed by atoms with Crippen LogP contribution < -0.4 is 20.7 Å². The molecule has 0 bridgehead atoms. The molecule has 1 aliphatic heterocycles. The predicted molar refractivity (Wildman–Crippen MR) is 180 cm³/mol. The molecule has 0 spiro atoms. The number of benzene rings is 3. The lowest BCUT2D eigenvalue weighted by molar-refractivity contribution is -0.128. The summed E-state index contributed by atoms with van der Waals surface area (Å²) in [6, 6.07) is 23.3. The minimum Gasteiger partial charge on any atom is -0.483 e. The predicted octanol–water partition coefficient (Wildman–Crippen LogP) is 4.33. The second kappa shape index (κ2) is 16.8. The highest BCUT2D eigenvalue weighted by Gasteiger charge is 2.35. The molecule has 4 N–H and O–H groups in total. The molecule has 0 radical (unpaired) electrons. The summed E-state index contributed by atoms with van der Waals surface area (Å²) in [5.41, 5.74) is 3.84. The first-order valence-corrected chi connectivity index (χ1v) is 16.2.